The first-order chi connectivity index (χ1) is 9.06. The second-order valence-corrected chi connectivity index (χ2v) is 4.40. The summed E-state index contributed by atoms with van der Waals surface area (Å²) in [5.41, 5.74) is 1.31. The van der Waals surface area contributed by atoms with E-state index in [2.05, 4.69) is 0 Å². The van der Waals surface area contributed by atoms with Gasteiger partial charge in [0.15, 0.2) is 0 Å². The third-order valence-corrected chi connectivity index (χ3v) is 2.82. The molecular weight excluding hydrogens is 264 g/mol. The minimum atomic E-state index is -1.04. The molecule has 0 unspecified atom stereocenters. The van der Waals surface area contributed by atoms with Crippen molar-refractivity contribution in [3.05, 3.63) is 64.7 Å². The van der Waals surface area contributed by atoms with Crippen molar-refractivity contribution in [3.8, 4) is 5.75 Å². The van der Waals surface area contributed by atoms with Crippen LogP contribution in [-0.4, -0.2) is 16.2 Å². The number of hydrogen-bond acceptors (Lipinski definition) is 2. The van der Waals surface area contributed by atoms with Crippen molar-refractivity contribution in [1.82, 2.24) is 0 Å². The fraction of sp³-hybridized carbons (Fsp3) is 0. The molecule has 0 saturated heterocycles. The molecule has 4 heteroatoms. The number of aromatic hydroxyl groups is 1. The van der Waals surface area contributed by atoms with E-state index in [1.165, 1.54) is 18.2 Å². The van der Waals surface area contributed by atoms with Crippen LogP contribution in [0.2, 0.25) is 5.02 Å². The van der Waals surface area contributed by atoms with Crippen LogP contribution in [0.25, 0.3) is 11.6 Å². The summed E-state index contributed by atoms with van der Waals surface area (Å²) >= 11 is 5.78. The summed E-state index contributed by atoms with van der Waals surface area (Å²) in [7, 11) is 0. The molecule has 0 aliphatic heterocycles. The van der Waals surface area contributed by atoms with Crippen molar-refractivity contribution in [1.29, 1.82) is 0 Å². The Balaban J connectivity index is 2.46. The largest absolute Gasteiger partial charge is 0.508 e. The summed E-state index contributed by atoms with van der Waals surface area (Å²) in [5.74, 6) is -0.944. The molecule has 0 aliphatic carbocycles. The molecule has 0 saturated carbocycles. The van der Waals surface area contributed by atoms with Gasteiger partial charge in [0.25, 0.3) is 0 Å². The molecule has 2 rings (SSSR count). The molecule has 96 valence electrons. The molecule has 2 aromatic carbocycles. The first-order valence-electron chi connectivity index (χ1n) is 5.56. The van der Waals surface area contributed by atoms with Crippen LogP contribution in [-0.2, 0) is 4.79 Å². The number of rotatable bonds is 3. The Morgan fingerprint density at radius 2 is 1.79 bits per heavy atom. The quantitative estimate of drug-likeness (QED) is 0.663. The lowest BCUT2D eigenvalue weighted by molar-refractivity contribution is -0.130. The molecule has 2 N–H and O–H groups in total. The van der Waals surface area contributed by atoms with E-state index in [1.807, 2.05) is 0 Å². The minimum absolute atomic E-state index is 0.0922. The Kier molecular flexibility index (Phi) is 3.88. The molecule has 0 amide bonds. The highest BCUT2D eigenvalue weighted by Crippen LogP contribution is 2.22. The van der Waals surface area contributed by atoms with Crippen molar-refractivity contribution < 1.29 is 15.0 Å². The van der Waals surface area contributed by atoms with Gasteiger partial charge in [-0.05, 0) is 41.5 Å². The summed E-state index contributed by atoms with van der Waals surface area (Å²) in [6.07, 6.45) is 1.51. The van der Waals surface area contributed by atoms with Crippen LogP contribution in [0.5, 0.6) is 5.75 Å². The van der Waals surface area contributed by atoms with Gasteiger partial charge in [0.1, 0.15) is 5.75 Å². The van der Waals surface area contributed by atoms with E-state index in [0.717, 1.165) is 0 Å². The van der Waals surface area contributed by atoms with Gasteiger partial charge < -0.3 is 10.2 Å². The molecule has 3 nitrogen and oxygen atoms in total. The van der Waals surface area contributed by atoms with Gasteiger partial charge in [-0.1, -0.05) is 35.9 Å². The van der Waals surface area contributed by atoms with Gasteiger partial charge in [-0.15, -0.1) is 0 Å². The maximum Gasteiger partial charge on any atom is 0.336 e. The van der Waals surface area contributed by atoms with E-state index in [1.54, 1.807) is 36.4 Å². The molecule has 0 spiro atoms. The lowest BCUT2D eigenvalue weighted by Gasteiger charge is -2.04. The normalized spacial score (nSPS) is 11.3. The van der Waals surface area contributed by atoms with Crippen LogP contribution in [0.4, 0.5) is 0 Å². The number of carbonyl (C=O) groups is 1. The van der Waals surface area contributed by atoms with Gasteiger partial charge in [-0.2, -0.15) is 0 Å². The van der Waals surface area contributed by atoms with Crippen LogP contribution >= 0.6 is 11.6 Å². The van der Waals surface area contributed by atoms with Gasteiger partial charge in [-0.3, -0.25) is 0 Å². The van der Waals surface area contributed by atoms with Gasteiger partial charge in [-0.25, -0.2) is 4.79 Å². The number of carboxylic acid groups (broad SMARTS) is 1. The van der Waals surface area contributed by atoms with Crippen molar-refractivity contribution >= 4 is 29.2 Å². The predicted octanol–water partition coefficient (Wildman–Crippen LogP) is 3.67. The highest BCUT2D eigenvalue weighted by molar-refractivity contribution is 6.30. The predicted molar refractivity (Wildman–Crippen MR) is 75.1 cm³/mol. The monoisotopic (exact) mass is 274 g/mol. The van der Waals surface area contributed by atoms with E-state index >= 15 is 0 Å². The highest BCUT2D eigenvalue weighted by atomic mass is 35.5. The van der Waals surface area contributed by atoms with Gasteiger partial charge >= 0.3 is 5.97 Å². The topological polar surface area (TPSA) is 57.5 Å². The molecule has 0 aromatic heterocycles. The number of benzene rings is 2. The number of halogens is 1. The fourth-order valence-corrected chi connectivity index (χ4v) is 1.81. The Morgan fingerprint density at radius 1 is 1.11 bits per heavy atom. The van der Waals surface area contributed by atoms with Crippen molar-refractivity contribution in [3.63, 3.8) is 0 Å². The smallest absolute Gasteiger partial charge is 0.336 e. The van der Waals surface area contributed by atoms with Crippen LogP contribution in [0.15, 0.2) is 48.5 Å². The Morgan fingerprint density at radius 3 is 2.37 bits per heavy atom. The van der Waals surface area contributed by atoms with Crippen LogP contribution in [0.3, 0.4) is 0 Å². The number of carboxylic acids is 1. The van der Waals surface area contributed by atoms with E-state index in [4.69, 9.17) is 11.6 Å². The molecule has 0 radical (unpaired) electrons. The summed E-state index contributed by atoms with van der Waals surface area (Å²) in [5, 5.41) is 19.2. The Labute approximate surface area is 115 Å². The lowest BCUT2D eigenvalue weighted by atomic mass is 10.0. The SMILES string of the molecule is O=C(O)/C(=C\c1cccc(O)c1)c1ccc(Cl)cc1. The zero-order chi connectivity index (χ0) is 13.8. The minimum Gasteiger partial charge on any atom is -0.508 e. The number of phenols is 1. The zero-order valence-electron chi connectivity index (χ0n) is 9.88. The zero-order valence-corrected chi connectivity index (χ0v) is 10.6. The molecule has 0 bridgehead atoms. The molecule has 0 heterocycles. The van der Waals surface area contributed by atoms with Gasteiger partial charge in [0, 0.05) is 5.02 Å². The lowest BCUT2D eigenvalue weighted by Crippen LogP contribution is -1.99. The van der Waals surface area contributed by atoms with Crippen LogP contribution in [0.1, 0.15) is 11.1 Å². The molecular formula is C15H11ClO3. The standard InChI is InChI=1S/C15H11ClO3/c16-12-6-4-11(5-7-12)14(15(18)19)9-10-2-1-3-13(17)8-10/h1-9,17H,(H,18,19)/b14-9-. The summed E-state index contributed by atoms with van der Waals surface area (Å²) in [6.45, 7) is 0. The molecule has 19 heavy (non-hydrogen) atoms. The average molecular weight is 275 g/mol. The highest BCUT2D eigenvalue weighted by Gasteiger charge is 2.10. The first-order valence-corrected chi connectivity index (χ1v) is 5.94. The third kappa shape index (κ3) is 3.36. The summed E-state index contributed by atoms with van der Waals surface area (Å²) in [6, 6.07) is 13.0. The van der Waals surface area contributed by atoms with Crippen molar-refractivity contribution in [2.24, 2.45) is 0 Å². The number of phenolic OH excluding ortho intramolecular Hbond substituents is 1. The van der Waals surface area contributed by atoms with Crippen LogP contribution < -0.4 is 0 Å². The van der Waals surface area contributed by atoms with Crippen molar-refractivity contribution in [2.75, 3.05) is 0 Å². The van der Waals surface area contributed by atoms with E-state index < -0.39 is 5.97 Å². The van der Waals surface area contributed by atoms with Gasteiger partial charge in [0.05, 0.1) is 5.57 Å². The maximum absolute atomic E-state index is 11.3. The molecule has 2 aromatic rings. The van der Waals surface area contributed by atoms with Crippen molar-refractivity contribution in [2.45, 2.75) is 0 Å². The number of aliphatic carboxylic acids is 1. The van der Waals surface area contributed by atoms with Crippen LogP contribution in [0, 0.1) is 0 Å². The summed E-state index contributed by atoms with van der Waals surface area (Å²) in [4.78, 5) is 11.3. The Bertz CT molecular complexity index is 630. The fourth-order valence-electron chi connectivity index (χ4n) is 1.68. The second kappa shape index (κ2) is 5.59. The van der Waals surface area contributed by atoms with E-state index in [-0.39, 0.29) is 11.3 Å². The molecule has 0 fully saturated rings. The maximum atomic E-state index is 11.3. The van der Waals surface area contributed by atoms with E-state index in [0.29, 0.717) is 16.1 Å². The first kappa shape index (κ1) is 13.2. The summed E-state index contributed by atoms with van der Waals surface area (Å²) < 4.78 is 0. The number of hydrogen-bond donors (Lipinski definition) is 2. The van der Waals surface area contributed by atoms with Gasteiger partial charge in [0.2, 0.25) is 0 Å². The average Bonchev–Trinajstić information content (AvgIpc) is 2.37. The second-order valence-electron chi connectivity index (χ2n) is 3.97. The Hall–Kier alpha value is -2.26. The third-order valence-electron chi connectivity index (χ3n) is 2.57. The molecule has 0 aliphatic rings. The molecule has 0 atom stereocenters. The van der Waals surface area contributed by atoms with E-state index in [9.17, 15) is 15.0 Å².